The zero-order valence-corrected chi connectivity index (χ0v) is 17.9. The van der Waals surface area contributed by atoms with Crippen molar-refractivity contribution in [3.63, 3.8) is 0 Å². The molecule has 0 amide bonds. The van der Waals surface area contributed by atoms with E-state index in [1.165, 1.54) is 14.2 Å². The number of rotatable bonds is 6. The van der Waals surface area contributed by atoms with Crippen molar-refractivity contribution in [2.45, 2.75) is 39.9 Å². The standard InChI is InChI=1S/C21H21F3N2O2.C2H6/c1-4-13-5-6-14-10-17(21(22,23)24)20(26-18(14)9-13)25-12-15-7-8-16(27-2)11-19(15)28-3;1-2/h5-11H,4,12H2,1-3H3,(H,25,26);1-2H3. The number of alkyl halides is 3. The van der Waals surface area contributed by atoms with Gasteiger partial charge in [0.1, 0.15) is 17.3 Å². The minimum absolute atomic E-state index is 0.127. The number of benzene rings is 2. The van der Waals surface area contributed by atoms with Crippen LogP contribution in [0.25, 0.3) is 10.9 Å². The molecule has 162 valence electrons. The number of fused-ring (bicyclic) bond motifs is 1. The van der Waals surface area contributed by atoms with E-state index < -0.39 is 11.7 Å². The van der Waals surface area contributed by atoms with Crippen LogP contribution in [0.5, 0.6) is 11.5 Å². The first-order valence-corrected chi connectivity index (χ1v) is 9.81. The SMILES string of the molecule is CC.CCc1ccc2cc(C(F)(F)F)c(NCc3ccc(OC)cc3OC)nc2c1. The number of hydrogen-bond acceptors (Lipinski definition) is 4. The molecule has 0 bridgehead atoms. The highest BCUT2D eigenvalue weighted by molar-refractivity contribution is 5.82. The number of aryl methyl sites for hydroxylation is 1. The third-order valence-electron chi connectivity index (χ3n) is 4.54. The molecule has 0 saturated carbocycles. The molecule has 0 aliphatic rings. The monoisotopic (exact) mass is 420 g/mol. The molecule has 0 aliphatic carbocycles. The lowest BCUT2D eigenvalue weighted by Crippen LogP contribution is -2.13. The number of methoxy groups -OCH3 is 2. The average molecular weight is 420 g/mol. The summed E-state index contributed by atoms with van der Waals surface area (Å²) in [6, 6.07) is 11.6. The van der Waals surface area contributed by atoms with Gasteiger partial charge in [0.05, 0.1) is 25.3 Å². The smallest absolute Gasteiger partial charge is 0.419 e. The van der Waals surface area contributed by atoms with Gasteiger partial charge in [-0.3, -0.25) is 0 Å². The molecule has 0 unspecified atom stereocenters. The van der Waals surface area contributed by atoms with E-state index in [0.29, 0.717) is 28.0 Å². The van der Waals surface area contributed by atoms with Crippen LogP contribution in [0.1, 0.15) is 37.5 Å². The van der Waals surface area contributed by atoms with E-state index in [1.54, 1.807) is 24.3 Å². The van der Waals surface area contributed by atoms with Crippen molar-refractivity contribution in [1.82, 2.24) is 4.98 Å². The molecular formula is C23H27F3N2O2. The number of ether oxygens (including phenoxy) is 2. The Kier molecular flexibility index (Phi) is 7.92. The molecule has 1 N–H and O–H groups in total. The van der Waals surface area contributed by atoms with Gasteiger partial charge in [-0.1, -0.05) is 32.9 Å². The van der Waals surface area contributed by atoms with Crippen LogP contribution in [-0.2, 0) is 19.1 Å². The van der Waals surface area contributed by atoms with Crippen LogP contribution >= 0.6 is 0 Å². The van der Waals surface area contributed by atoms with Crippen molar-refractivity contribution in [3.05, 3.63) is 59.2 Å². The summed E-state index contributed by atoms with van der Waals surface area (Å²) in [6.07, 6.45) is -3.73. The molecule has 0 spiro atoms. The lowest BCUT2D eigenvalue weighted by Gasteiger charge is -2.16. The van der Waals surface area contributed by atoms with Crippen LogP contribution in [0.4, 0.5) is 19.0 Å². The molecule has 30 heavy (non-hydrogen) atoms. The summed E-state index contributed by atoms with van der Waals surface area (Å²) in [4.78, 5) is 4.26. The maximum Gasteiger partial charge on any atom is 0.419 e. The van der Waals surface area contributed by atoms with Gasteiger partial charge in [0.15, 0.2) is 0 Å². The van der Waals surface area contributed by atoms with E-state index in [2.05, 4.69) is 10.3 Å². The Morgan fingerprint density at radius 3 is 2.30 bits per heavy atom. The highest BCUT2D eigenvalue weighted by Crippen LogP contribution is 2.36. The van der Waals surface area contributed by atoms with Crippen molar-refractivity contribution in [3.8, 4) is 11.5 Å². The molecule has 0 saturated heterocycles. The fourth-order valence-corrected chi connectivity index (χ4v) is 2.96. The average Bonchev–Trinajstić information content (AvgIpc) is 2.77. The van der Waals surface area contributed by atoms with E-state index in [-0.39, 0.29) is 12.4 Å². The predicted octanol–water partition coefficient (Wildman–Crippen LogP) is 6.47. The summed E-state index contributed by atoms with van der Waals surface area (Å²) >= 11 is 0. The Hall–Kier alpha value is -2.96. The number of aromatic nitrogens is 1. The fraction of sp³-hybridized carbons (Fsp3) is 0.348. The van der Waals surface area contributed by atoms with E-state index in [9.17, 15) is 13.2 Å². The van der Waals surface area contributed by atoms with Crippen molar-refractivity contribution in [2.24, 2.45) is 0 Å². The zero-order valence-electron chi connectivity index (χ0n) is 17.9. The molecule has 3 rings (SSSR count). The number of nitrogens with one attached hydrogen (secondary N) is 1. The van der Waals surface area contributed by atoms with Crippen LogP contribution in [0.15, 0.2) is 42.5 Å². The van der Waals surface area contributed by atoms with Gasteiger partial charge in [-0.05, 0) is 36.2 Å². The van der Waals surface area contributed by atoms with Crippen LogP contribution < -0.4 is 14.8 Å². The Labute approximate surface area is 175 Å². The topological polar surface area (TPSA) is 43.4 Å². The van der Waals surface area contributed by atoms with Gasteiger partial charge in [-0.15, -0.1) is 0 Å². The molecule has 0 aliphatic heterocycles. The largest absolute Gasteiger partial charge is 0.497 e. The first kappa shape index (κ1) is 23.3. The van der Waals surface area contributed by atoms with Gasteiger partial charge in [-0.2, -0.15) is 13.2 Å². The summed E-state index contributed by atoms with van der Waals surface area (Å²) < 4.78 is 51.2. The van der Waals surface area contributed by atoms with Crippen LogP contribution in [-0.4, -0.2) is 19.2 Å². The molecule has 0 radical (unpaired) electrons. The van der Waals surface area contributed by atoms with Gasteiger partial charge in [0.2, 0.25) is 0 Å². The van der Waals surface area contributed by atoms with Gasteiger partial charge < -0.3 is 14.8 Å². The molecule has 0 atom stereocenters. The third-order valence-corrected chi connectivity index (χ3v) is 4.54. The Bertz CT molecular complexity index is 988. The maximum atomic E-state index is 13.6. The van der Waals surface area contributed by atoms with Crippen molar-refractivity contribution in [1.29, 1.82) is 0 Å². The van der Waals surface area contributed by atoms with E-state index in [1.807, 2.05) is 32.9 Å². The molecule has 1 aromatic heterocycles. The minimum atomic E-state index is -4.52. The van der Waals surface area contributed by atoms with Gasteiger partial charge in [-0.25, -0.2) is 4.98 Å². The molecule has 2 aromatic carbocycles. The lowest BCUT2D eigenvalue weighted by atomic mass is 10.1. The zero-order chi connectivity index (χ0) is 22.3. The third kappa shape index (κ3) is 5.34. The summed E-state index contributed by atoms with van der Waals surface area (Å²) in [5, 5.41) is 3.28. The normalized spacial score (nSPS) is 10.9. The van der Waals surface area contributed by atoms with Gasteiger partial charge >= 0.3 is 6.18 Å². The number of anilines is 1. The molecule has 1 heterocycles. The van der Waals surface area contributed by atoms with E-state index in [0.717, 1.165) is 18.1 Å². The molecule has 4 nitrogen and oxygen atoms in total. The number of hydrogen-bond donors (Lipinski definition) is 1. The van der Waals surface area contributed by atoms with Crippen molar-refractivity contribution in [2.75, 3.05) is 19.5 Å². The minimum Gasteiger partial charge on any atom is -0.497 e. The number of halogens is 3. The van der Waals surface area contributed by atoms with E-state index >= 15 is 0 Å². The van der Waals surface area contributed by atoms with Gasteiger partial charge in [0.25, 0.3) is 0 Å². The quantitative estimate of drug-likeness (QED) is 0.496. The second-order valence-corrected chi connectivity index (χ2v) is 6.29. The fourth-order valence-electron chi connectivity index (χ4n) is 2.96. The summed E-state index contributed by atoms with van der Waals surface area (Å²) in [5.74, 6) is 0.924. The van der Waals surface area contributed by atoms with Crippen molar-refractivity contribution >= 4 is 16.7 Å². The lowest BCUT2D eigenvalue weighted by molar-refractivity contribution is -0.137. The summed E-state index contributed by atoms with van der Waals surface area (Å²) in [6.45, 7) is 6.11. The molecule has 7 heteroatoms. The van der Waals surface area contributed by atoms with Crippen LogP contribution in [0.2, 0.25) is 0 Å². The number of nitrogens with zero attached hydrogens (tertiary/aromatic N) is 1. The number of pyridine rings is 1. The van der Waals surface area contributed by atoms with Crippen LogP contribution in [0.3, 0.4) is 0 Å². The first-order chi connectivity index (χ1) is 14.4. The molecule has 3 aromatic rings. The highest BCUT2D eigenvalue weighted by atomic mass is 19.4. The second-order valence-electron chi connectivity index (χ2n) is 6.29. The maximum absolute atomic E-state index is 13.6. The molecular weight excluding hydrogens is 393 g/mol. The molecule has 0 fully saturated rings. The highest BCUT2D eigenvalue weighted by Gasteiger charge is 2.35. The van der Waals surface area contributed by atoms with E-state index in [4.69, 9.17) is 9.47 Å². The first-order valence-electron chi connectivity index (χ1n) is 9.81. The Morgan fingerprint density at radius 2 is 1.70 bits per heavy atom. The van der Waals surface area contributed by atoms with Gasteiger partial charge in [0, 0.05) is 23.6 Å². The summed E-state index contributed by atoms with van der Waals surface area (Å²) in [7, 11) is 3.03. The Morgan fingerprint density at radius 1 is 0.967 bits per heavy atom. The van der Waals surface area contributed by atoms with Crippen LogP contribution in [0, 0.1) is 0 Å². The second kappa shape index (κ2) is 10.2. The Balaban J connectivity index is 0.00000155. The summed E-state index contributed by atoms with van der Waals surface area (Å²) in [5.41, 5.74) is 1.44. The predicted molar refractivity (Wildman–Crippen MR) is 114 cm³/mol. The van der Waals surface area contributed by atoms with Crippen molar-refractivity contribution < 1.29 is 22.6 Å².